The van der Waals surface area contributed by atoms with Crippen molar-refractivity contribution in [1.82, 2.24) is 5.32 Å². The molecule has 3 N–H and O–H groups in total. The van der Waals surface area contributed by atoms with Crippen molar-refractivity contribution < 1.29 is 9.53 Å². The molecule has 0 spiro atoms. The van der Waals surface area contributed by atoms with Gasteiger partial charge < -0.3 is 15.8 Å². The molecule has 0 rings (SSSR count). The minimum Gasteiger partial charge on any atom is -0.383 e. The van der Waals surface area contributed by atoms with Gasteiger partial charge in [-0.05, 0) is 12.8 Å². The fraction of sp³-hybridized carbons (Fsp3) is 0.889. The second-order valence-electron chi connectivity index (χ2n) is 3.60. The van der Waals surface area contributed by atoms with Gasteiger partial charge in [-0.2, -0.15) is 0 Å². The number of carbonyl (C=O) groups is 1. The van der Waals surface area contributed by atoms with Gasteiger partial charge in [0.15, 0.2) is 0 Å². The van der Waals surface area contributed by atoms with Crippen molar-refractivity contribution in [1.29, 1.82) is 0 Å². The summed E-state index contributed by atoms with van der Waals surface area (Å²) in [6.07, 6.45) is 0. The zero-order valence-electron chi connectivity index (χ0n) is 8.83. The highest BCUT2D eigenvalue weighted by Gasteiger charge is 2.16. The predicted octanol–water partition coefficient (Wildman–Crippen LogP) is 0.121. The first kappa shape index (κ1) is 12.4. The molecule has 0 aromatic carbocycles. The quantitative estimate of drug-likeness (QED) is 0.644. The zero-order chi connectivity index (χ0) is 10.4. The number of nitrogens with two attached hydrogens (primary N) is 1. The molecule has 0 fully saturated rings. The molecule has 0 saturated heterocycles. The van der Waals surface area contributed by atoms with E-state index >= 15 is 0 Å². The monoisotopic (exact) mass is 188 g/mol. The summed E-state index contributed by atoms with van der Waals surface area (Å²) in [6, 6.07) is -0.415. The number of ether oxygens (including phenoxy) is 1. The van der Waals surface area contributed by atoms with E-state index in [0.717, 1.165) is 0 Å². The molecule has 1 amide bonds. The summed E-state index contributed by atoms with van der Waals surface area (Å²) < 4.78 is 4.78. The number of hydrogen-bond acceptors (Lipinski definition) is 3. The highest BCUT2D eigenvalue weighted by Crippen LogP contribution is 1.99. The van der Waals surface area contributed by atoms with E-state index in [0.29, 0.717) is 5.92 Å². The fourth-order valence-corrected chi connectivity index (χ4v) is 0.753. The molecule has 2 unspecified atom stereocenters. The molecule has 0 bridgehead atoms. The number of carbonyl (C=O) groups excluding carboxylic acids is 1. The smallest absolute Gasteiger partial charge is 0.239 e. The van der Waals surface area contributed by atoms with Crippen LogP contribution in [-0.2, 0) is 9.53 Å². The lowest BCUT2D eigenvalue weighted by atomic mass is 10.1. The Hall–Kier alpha value is -0.610. The molecule has 0 aliphatic heterocycles. The van der Waals surface area contributed by atoms with E-state index in [2.05, 4.69) is 5.32 Å². The maximum Gasteiger partial charge on any atom is 0.239 e. The van der Waals surface area contributed by atoms with Crippen molar-refractivity contribution in [2.75, 3.05) is 13.7 Å². The van der Waals surface area contributed by atoms with Crippen molar-refractivity contribution in [2.45, 2.75) is 32.9 Å². The number of amides is 1. The Morgan fingerprint density at radius 1 is 1.46 bits per heavy atom. The molecule has 2 atom stereocenters. The van der Waals surface area contributed by atoms with E-state index in [-0.39, 0.29) is 18.6 Å². The van der Waals surface area contributed by atoms with E-state index in [9.17, 15) is 4.79 Å². The third-order valence-electron chi connectivity index (χ3n) is 2.05. The van der Waals surface area contributed by atoms with Crippen molar-refractivity contribution in [3.8, 4) is 0 Å². The van der Waals surface area contributed by atoms with Crippen LogP contribution in [0.4, 0.5) is 0 Å². The van der Waals surface area contributed by atoms with Crippen LogP contribution < -0.4 is 11.1 Å². The van der Waals surface area contributed by atoms with E-state index in [1.807, 2.05) is 20.8 Å². The summed E-state index contributed by atoms with van der Waals surface area (Å²) in [7, 11) is 1.53. The summed E-state index contributed by atoms with van der Waals surface area (Å²) >= 11 is 0. The molecule has 0 heterocycles. The predicted molar refractivity (Wildman–Crippen MR) is 52.3 cm³/mol. The molecule has 0 aliphatic rings. The lowest BCUT2D eigenvalue weighted by Crippen LogP contribution is -2.47. The first-order valence-electron chi connectivity index (χ1n) is 4.54. The van der Waals surface area contributed by atoms with E-state index < -0.39 is 6.04 Å². The average Bonchev–Trinajstić information content (AvgIpc) is 2.04. The highest BCUT2D eigenvalue weighted by atomic mass is 16.5. The molecule has 4 nitrogen and oxygen atoms in total. The Bertz CT molecular complexity index is 160. The van der Waals surface area contributed by atoms with Gasteiger partial charge in [0, 0.05) is 13.2 Å². The molecule has 13 heavy (non-hydrogen) atoms. The summed E-state index contributed by atoms with van der Waals surface area (Å²) in [5.74, 6) is 0.266. The minimum absolute atomic E-state index is 0.149. The summed E-state index contributed by atoms with van der Waals surface area (Å²) in [5, 5.41) is 2.82. The van der Waals surface area contributed by atoms with Gasteiger partial charge in [0.25, 0.3) is 0 Å². The molecule has 78 valence electrons. The maximum absolute atomic E-state index is 11.3. The number of rotatable bonds is 5. The van der Waals surface area contributed by atoms with Gasteiger partial charge >= 0.3 is 0 Å². The molecule has 0 aliphatic carbocycles. The fourth-order valence-electron chi connectivity index (χ4n) is 0.753. The van der Waals surface area contributed by atoms with Gasteiger partial charge in [-0.1, -0.05) is 13.8 Å². The van der Waals surface area contributed by atoms with Crippen LogP contribution in [-0.4, -0.2) is 31.7 Å². The maximum atomic E-state index is 11.3. The van der Waals surface area contributed by atoms with Gasteiger partial charge in [-0.3, -0.25) is 4.79 Å². The van der Waals surface area contributed by atoms with Gasteiger partial charge in [-0.25, -0.2) is 0 Å². The summed E-state index contributed by atoms with van der Waals surface area (Å²) in [4.78, 5) is 11.3. The first-order chi connectivity index (χ1) is 5.99. The van der Waals surface area contributed by atoms with Crippen molar-refractivity contribution >= 4 is 5.91 Å². The number of methoxy groups -OCH3 is 1. The van der Waals surface area contributed by atoms with Crippen molar-refractivity contribution in [3.05, 3.63) is 0 Å². The Labute approximate surface area is 79.8 Å². The van der Waals surface area contributed by atoms with Crippen LogP contribution in [0, 0.1) is 5.92 Å². The molecule has 0 saturated carbocycles. The lowest BCUT2D eigenvalue weighted by molar-refractivity contribution is -0.124. The standard InChI is InChI=1S/C9H20N2O2/c1-6(2)7(3)11-9(12)8(10)5-13-4/h6-8H,5,10H2,1-4H3,(H,11,12). The van der Waals surface area contributed by atoms with Crippen LogP contribution in [0.25, 0.3) is 0 Å². The van der Waals surface area contributed by atoms with Gasteiger partial charge in [0.1, 0.15) is 6.04 Å². The molecule has 4 heteroatoms. The third-order valence-corrected chi connectivity index (χ3v) is 2.05. The molecule has 0 radical (unpaired) electrons. The second-order valence-corrected chi connectivity index (χ2v) is 3.60. The third kappa shape index (κ3) is 4.85. The summed E-state index contributed by atoms with van der Waals surface area (Å²) in [5.41, 5.74) is 5.54. The van der Waals surface area contributed by atoms with E-state index in [1.165, 1.54) is 7.11 Å². The lowest BCUT2D eigenvalue weighted by Gasteiger charge is -2.19. The zero-order valence-corrected chi connectivity index (χ0v) is 8.83. The van der Waals surface area contributed by atoms with Crippen LogP contribution in [0.3, 0.4) is 0 Å². The normalized spacial score (nSPS) is 15.5. The van der Waals surface area contributed by atoms with Crippen LogP contribution in [0.5, 0.6) is 0 Å². The van der Waals surface area contributed by atoms with Crippen LogP contribution in [0.15, 0.2) is 0 Å². The van der Waals surface area contributed by atoms with Gasteiger partial charge in [-0.15, -0.1) is 0 Å². The highest BCUT2D eigenvalue weighted by molar-refractivity contribution is 5.81. The SMILES string of the molecule is COCC(N)C(=O)NC(C)C(C)C. The largest absolute Gasteiger partial charge is 0.383 e. The van der Waals surface area contributed by atoms with Crippen molar-refractivity contribution in [3.63, 3.8) is 0 Å². The second kappa shape index (κ2) is 5.94. The topological polar surface area (TPSA) is 64.3 Å². The first-order valence-corrected chi connectivity index (χ1v) is 4.54. The minimum atomic E-state index is -0.564. The Morgan fingerprint density at radius 2 is 2.00 bits per heavy atom. The Morgan fingerprint density at radius 3 is 2.38 bits per heavy atom. The van der Waals surface area contributed by atoms with E-state index in [4.69, 9.17) is 10.5 Å². The number of nitrogens with one attached hydrogen (secondary N) is 1. The van der Waals surface area contributed by atoms with Gasteiger partial charge in [0.05, 0.1) is 6.61 Å². The molecular formula is C9H20N2O2. The molecule has 0 aromatic heterocycles. The average molecular weight is 188 g/mol. The van der Waals surface area contributed by atoms with E-state index in [1.54, 1.807) is 0 Å². The Kier molecular flexibility index (Phi) is 5.66. The number of hydrogen-bond donors (Lipinski definition) is 2. The molecule has 0 aromatic rings. The van der Waals surface area contributed by atoms with Crippen LogP contribution in [0.1, 0.15) is 20.8 Å². The Balaban J connectivity index is 3.85. The summed E-state index contributed by atoms with van der Waals surface area (Å²) in [6.45, 7) is 6.32. The van der Waals surface area contributed by atoms with Crippen LogP contribution >= 0.6 is 0 Å². The van der Waals surface area contributed by atoms with Crippen LogP contribution in [0.2, 0.25) is 0 Å². The van der Waals surface area contributed by atoms with Gasteiger partial charge in [0.2, 0.25) is 5.91 Å². The molecular weight excluding hydrogens is 168 g/mol. The van der Waals surface area contributed by atoms with Crippen molar-refractivity contribution in [2.24, 2.45) is 11.7 Å².